The van der Waals surface area contributed by atoms with Crippen LogP contribution in [0.3, 0.4) is 0 Å². The fraction of sp³-hybridized carbons (Fsp3) is 0.0385. The number of hydrogen-bond donors (Lipinski definition) is 0. The topological polar surface area (TPSA) is 134 Å². The Bertz CT molecular complexity index is 1750. The zero-order valence-electron chi connectivity index (χ0n) is 19.3. The van der Waals surface area contributed by atoms with Crippen LogP contribution in [-0.2, 0) is 9.84 Å². The van der Waals surface area contributed by atoms with E-state index in [0.717, 1.165) is 29.8 Å². The molecule has 0 bridgehead atoms. The highest BCUT2D eigenvalue weighted by molar-refractivity contribution is 7.91. The lowest BCUT2D eigenvalue weighted by Crippen LogP contribution is -2.16. The molecule has 0 saturated carbocycles. The number of hydrogen-bond acceptors (Lipinski definition) is 8. The van der Waals surface area contributed by atoms with Gasteiger partial charge >= 0.3 is 5.97 Å². The van der Waals surface area contributed by atoms with E-state index in [9.17, 15) is 23.3 Å². The van der Waals surface area contributed by atoms with Crippen LogP contribution in [-0.4, -0.2) is 34.3 Å². The zero-order valence-corrected chi connectivity index (χ0v) is 20.1. The van der Waals surface area contributed by atoms with Gasteiger partial charge in [0.15, 0.2) is 5.75 Å². The van der Waals surface area contributed by atoms with Crippen molar-refractivity contribution in [1.29, 1.82) is 0 Å². The van der Waals surface area contributed by atoms with Crippen LogP contribution < -0.4 is 4.74 Å². The van der Waals surface area contributed by atoms with Crippen molar-refractivity contribution in [3.05, 3.63) is 112 Å². The molecule has 0 unspecified atom stereocenters. The van der Waals surface area contributed by atoms with Crippen LogP contribution in [0.4, 0.5) is 5.69 Å². The summed E-state index contributed by atoms with van der Waals surface area (Å²) in [6.45, 7) is 1.87. The molecule has 0 amide bonds. The molecule has 184 valence electrons. The second-order valence-corrected chi connectivity index (χ2v) is 10.0. The number of aromatic nitrogens is 3. The van der Waals surface area contributed by atoms with Gasteiger partial charge in [0.2, 0.25) is 9.84 Å². The van der Waals surface area contributed by atoms with E-state index < -0.39 is 20.7 Å². The average Bonchev–Trinajstić information content (AvgIpc) is 3.34. The first-order valence-electron chi connectivity index (χ1n) is 11.0. The molecule has 0 aliphatic carbocycles. The molecule has 0 radical (unpaired) electrons. The SMILES string of the molecule is Cc1ccc(OC(=O)c2ccccc2S(=O)(=O)c2ccc([N+](=O)[O-])cc2)c(-n2nc3ccccc3n2)c1. The van der Waals surface area contributed by atoms with E-state index in [-0.39, 0.29) is 26.8 Å². The first-order chi connectivity index (χ1) is 17.7. The number of nitrogens with zero attached hydrogens (tertiary/aromatic N) is 4. The van der Waals surface area contributed by atoms with Crippen LogP contribution in [0.5, 0.6) is 5.75 Å². The summed E-state index contributed by atoms with van der Waals surface area (Å²) < 4.78 is 32.3. The molecule has 0 atom stereocenters. The van der Waals surface area contributed by atoms with Crippen molar-refractivity contribution in [1.82, 2.24) is 15.0 Å². The summed E-state index contributed by atoms with van der Waals surface area (Å²) in [4.78, 5) is 24.5. The smallest absolute Gasteiger partial charge is 0.344 e. The van der Waals surface area contributed by atoms with Crippen molar-refractivity contribution in [2.45, 2.75) is 16.7 Å². The van der Waals surface area contributed by atoms with Crippen molar-refractivity contribution in [2.24, 2.45) is 0 Å². The predicted molar refractivity (Wildman–Crippen MR) is 134 cm³/mol. The molecular formula is C26H18N4O6S. The van der Waals surface area contributed by atoms with Crippen molar-refractivity contribution < 1.29 is 22.9 Å². The highest BCUT2D eigenvalue weighted by Gasteiger charge is 2.26. The average molecular weight is 515 g/mol. The minimum atomic E-state index is -4.19. The number of rotatable bonds is 6. The van der Waals surface area contributed by atoms with Gasteiger partial charge in [0, 0.05) is 12.1 Å². The number of nitro benzene ring substituents is 1. The second kappa shape index (κ2) is 9.28. The van der Waals surface area contributed by atoms with Gasteiger partial charge in [0.1, 0.15) is 16.7 Å². The number of ether oxygens (including phenoxy) is 1. The monoisotopic (exact) mass is 514 g/mol. The van der Waals surface area contributed by atoms with Gasteiger partial charge in [-0.3, -0.25) is 10.1 Å². The Kier molecular flexibility index (Phi) is 5.98. The maximum Gasteiger partial charge on any atom is 0.344 e. The van der Waals surface area contributed by atoms with Crippen molar-refractivity contribution >= 4 is 32.5 Å². The molecule has 1 heterocycles. The molecule has 0 spiro atoms. The number of carbonyl (C=O) groups is 1. The number of carbonyl (C=O) groups excluding carboxylic acids is 1. The van der Waals surface area contributed by atoms with Crippen LogP contribution in [0.1, 0.15) is 15.9 Å². The zero-order chi connectivity index (χ0) is 26.2. The minimum Gasteiger partial charge on any atom is -0.421 e. The maximum absolute atomic E-state index is 13.3. The van der Waals surface area contributed by atoms with E-state index in [0.29, 0.717) is 16.7 Å². The first-order valence-corrected chi connectivity index (χ1v) is 12.5. The van der Waals surface area contributed by atoms with Gasteiger partial charge in [0.05, 0.1) is 20.3 Å². The lowest BCUT2D eigenvalue weighted by Gasteiger charge is -2.13. The van der Waals surface area contributed by atoms with Gasteiger partial charge in [0.25, 0.3) is 5.69 Å². The van der Waals surface area contributed by atoms with E-state index in [2.05, 4.69) is 10.2 Å². The van der Waals surface area contributed by atoms with Gasteiger partial charge in [-0.15, -0.1) is 15.0 Å². The summed E-state index contributed by atoms with van der Waals surface area (Å²) in [5, 5.41) is 19.8. The molecule has 4 aromatic carbocycles. The molecule has 37 heavy (non-hydrogen) atoms. The molecule has 0 aliphatic rings. The fourth-order valence-electron chi connectivity index (χ4n) is 3.74. The van der Waals surface area contributed by atoms with Gasteiger partial charge < -0.3 is 4.74 Å². The Balaban J connectivity index is 1.52. The number of nitro groups is 1. The molecule has 0 N–H and O–H groups in total. The van der Waals surface area contributed by atoms with E-state index in [4.69, 9.17) is 4.74 Å². The normalized spacial score (nSPS) is 11.4. The third-order valence-electron chi connectivity index (χ3n) is 5.57. The summed E-state index contributed by atoms with van der Waals surface area (Å²) in [5.41, 5.74) is 2.14. The van der Waals surface area contributed by atoms with Crippen LogP contribution in [0.15, 0.2) is 101 Å². The second-order valence-electron chi connectivity index (χ2n) is 8.09. The summed E-state index contributed by atoms with van der Waals surface area (Å²) in [6, 6.07) is 22.4. The Hall–Kier alpha value is -4.90. The van der Waals surface area contributed by atoms with E-state index >= 15 is 0 Å². The molecule has 11 heteroatoms. The van der Waals surface area contributed by atoms with Crippen LogP contribution in [0.25, 0.3) is 16.7 Å². The first kappa shape index (κ1) is 23.8. The number of esters is 1. The number of sulfone groups is 1. The van der Waals surface area contributed by atoms with Crippen molar-refractivity contribution in [2.75, 3.05) is 0 Å². The third-order valence-corrected chi connectivity index (χ3v) is 7.40. The van der Waals surface area contributed by atoms with E-state index in [1.54, 1.807) is 30.3 Å². The lowest BCUT2D eigenvalue weighted by molar-refractivity contribution is -0.384. The summed E-state index contributed by atoms with van der Waals surface area (Å²) in [6.07, 6.45) is 0. The lowest BCUT2D eigenvalue weighted by atomic mass is 10.2. The molecule has 5 rings (SSSR count). The standard InChI is InChI=1S/C26H18N4O6S/c1-17-10-15-24(23(16-17)29-27-21-7-3-4-8-22(21)28-29)36-26(31)20-6-2-5-9-25(20)37(34,35)19-13-11-18(12-14-19)30(32)33/h2-16H,1H3. The summed E-state index contributed by atoms with van der Waals surface area (Å²) in [5.74, 6) is -0.763. The Morgan fingerprint density at radius 2 is 1.51 bits per heavy atom. The highest BCUT2D eigenvalue weighted by Crippen LogP contribution is 2.29. The minimum absolute atomic E-state index is 0.137. The van der Waals surface area contributed by atoms with E-state index in [1.165, 1.54) is 29.1 Å². The summed E-state index contributed by atoms with van der Waals surface area (Å²) >= 11 is 0. The number of fused-ring (bicyclic) bond motifs is 1. The molecule has 1 aromatic heterocycles. The fourth-order valence-corrected chi connectivity index (χ4v) is 5.18. The predicted octanol–water partition coefficient (Wildman–Crippen LogP) is 4.69. The van der Waals surface area contributed by atoms with Gasteiger partial charge in [-0.05, 0) is 61.0 Å². The van der Waals surface area contributed by atoms with E-state index in [1.807, 2.05) is 19.1 Å². The molecule has 0 aliphatic heterocycles. The van der Waals surface area contributed by atoms with Crippen molar-refractivity contribution in [3.63, 3.8) is 0 Å². The molecule has 0 saturated heterocycles. The number of non-ortho nitro benzene ring substituents is 1. The third kappa shape index (κ3) is 4.55. The number of aryl methyl sites for hydroxylation is 1. The Morgan fingerprint density at radius 1 is 0.892 bits per heavy atom. The summed E-state index contributed by atoms with van der Waals surface area (Å²) in [7, 11) is -4.19. The molecule has 5 aromatic rings. The quantitative estimate of drug-likeness (QED) is 0.138. The molecule has 0 fully saturated rings. The van der Waals surface area contributed by atoms with Crippen LogP contribution in [0.2, 0.25) is 0 Å². The van der Waals surface area contributed by atoms with Crippen molar-refractivity contribution in [3.8, 4) is 11.4 Å². The Labute approximate surface area is 210 Å². The maximum atomic E-state index is 13.3. The molecular weight excluding hydrogens is 496 g/mol. The van der Waals surface area contributed by atoms with Gasteiger partial charge in [-0.2, -0.15) is 0 Å². The largest absolute Gasteiger partial charge is 0.421 e. The van der Waals surface area contributed by atoms with Crippen LogP contribution in [0, 0.1) is 17.0 Å². The highest BCUT2D eigenvalue weighted by atomic mass is 32.2. The van der Waals surface area contributed by atoms with Crippen LogP contribution >= 0.6 is 0 Å². The van der Waals surface area contributed by atoms with Gasteiger partial charge in [-0.1, -0.05) is 30.3 Å². The number of benzene rings is 4. The Morgan fingerprint density at radius 3 is 2.16 bits per heavy atom. The van der Waals surface area contributed by atoms with Gasteiger partial charge in [-0.25, -0.2) is 13.2 Å². The molecule has 10 nitrogen and oxygen atoms in total.